The van der Waals surface area contributed by atoms with Crippen LogP contribution in [0.1, 0.15) is 37.4 Å². The van der Waals surface area contributed by atoms with Crippen LogP contribution in [-0.4, -0.2) is 16.5 Å². The summed E-state index contributed by atoms with van der Waals surface area (Å²) in [5, 5.41) is 10.8. The van der Waals surface area contributed by atoms with E-state index in [4.69, 9.17) is 0 Å². The van der Waals surface area contributed by atoms with Crippen LogP contribution in [0.4, 0.5) is 5.69 Å². The predicted molar refractivity (Wildman–Crippen MR) is 71.1 cm³/mol. The molecule has 1 aliphatic rings. The topological polar surface area (TPSA) is 77.3 Å². The molecule has 5 heteroatoms. The number of non-ortho nitro benzene ring substituents is 1. The summed E-state index contributed by atoms with van der Waals surface area (Å²) in [6.07, 6.45) is 0. The molecule has 0 heterocycles. The number of nitro groups is 1. The molecule has 0 spiro atoms. The van der Waals surface area contributed by atoms with Crippen LogP contribution in [0, 0.1) is 17.0 Å². The van der Waals surface area contributed by atoms with Gasteiger partial charge in [-0.3, -0.25) is 19.7 Å². The lowest BCUT2D eigenvalue weighted by molar-refractivity contribution is -0.384. The number of hydrogen-bond donors (Lipinski definition) is 0. The molecule has 20 heavy (non-hydrogen) atoms. The van der Waals surface area contributed by atoms with Crippen molar-refractivity contribution in [2.75, 3.05) is 0 Å². The van der Waals surface area contributed by atoms with Crippen molar-refractivity contribution in [1.82, 2.24) is 0 Å². The Morgan fingerprint density at radius 2 is 1.40 bits per heavy atom. The summed E-state index contributed by atoms with van der Waals surface area (Å²) in [7, 11) is 0. The third kappa shape index (κ3) is 1.64. The van der Waals surface area contributed by atoms with Crippen molar-refractivity contribution in [3.05, 3.63) is 74.3 Å². The molecule has 3 rings (SSSR count). The first-order valence-corrected chi connectivity index (χ1v) is 5.97. The minimum Gasteiger partial charge on any atom is -0.289 e. The average molecular weight is 267 g/mol. The number of aryl methyl sites for hydroxylation is 1. The van der Waals surface area contributed by atoms with Gasteiger partial charge in [-0.05, 0) is 19.1 Å². The van der Waals surface area contributed by atoms with Gasteiger partial charge in [0.1, 0.15) is 0 Å². The van der Waals surface area contributed by atoms with Gasteiger partial charge in [-0.15, -0.1) is 0 Å². The van der Waals surface area contributed by atoms with E-state index in [1.165, 1.54) is 18.2 Å². The summed E-state index contributed by atoms with van der Waals surface area (Å²) in [5.41, 5.74) is 1.64. The van der Waals surface area contributed by atoms with Crippen molar-refractivity contribution in [2.24, 2.45) is 0 Å². The molecule has 98 valence electrons. The van der Waals surface area contributed by atoms with Gasteiger partial charge >= 0.3 is 0 Å². The van der Waals surface area contributed by atoms with Gasteiger partial charge in [0, 0.05) is 34.4 Å². The van der Waals surface area contributed by atoms with E-state index in [1.807, 2.05) is 6.92 Å². The van der Waals surface area contributed by atoms with Gasteiger partial charge in [0.25, 0.3) is 5.69 Å². The summed E-state index contributed by atoms with van der Waals surface area (Å²) < 4.78 is 0. The van der Waals surface area contributed by atoms with Gasteiger partial charge in [0.05, 0.1) is 4.92 Å². The summed E-state index contributed by atoms with van der Waals surface area (Å²) in [6, 6.07) is 8.77. The molecule has 0 aromatic heterocycles. The van der Waals surface area contributed by atoms with Gasteiger partial charge < -0.3 is 0 Å². The van der Waals surface area contributed by atoms with Crippen LogP contribution in [0.15, 0.2) is 36.4 Å². The Morgan fingerprint density at radius 1 is 0.850 bits per heavy atom. The number of nitro benzene ring substituents is 1. The third-order valence-electron chi connectivity index (χ3n) is 3.37. The van der Waals surface area contributed by atoms with Crippen molar-refractivity contribution in [2.45, 2.75) is 6.92 Å². The van der Waals surface area contributed by atoms with Crippen molar-refractivity contribution in [3.8, 4) is 0 Å². The fraction of sp³-hybridized carbons (Fsp3) is 0.0667. The van der Waals surface area contributed by atoms with Crippen LogP contribution in [0.2, 0.25) is 0 Å². The smallest absolute Gasteiger partial charge is 0.270 e. The molecule has 0 unspecified atom stereocenters. The first kappa shape index (κ1) is 12.2. The first-order chi connectivity index (χ1) is 9.49. The minimum absolute atomic E-state index is 0.0994. The average Bonchev–Trinajstić information content (AvgIpc) is 2.44. The molecular formula is C15H9NO4. The number of benzene rings is 2. The SMILES string of the molecule is Cc1ccc2c(c1)C(=O)c1cc([N+](=O)[O-])ccc1C2=O. The summed E-state index contributed by atoms with van der Waals surface area (Å²) in [5.74, 6) is -0.619. The summed E-state index contributed by atoms with van der Waals surface area (Å²) in [4.78, 5) is 34.9. The first-order valence-electron chi connectivity index (χ1n) is 5.97. The highest BCUT2D eigenvalue weighted by Crippen LogP contribution is 2.30. The molecule has 5 nitrogen and oxygen atoms in total. The maximum atomic E-state index is 12.4. The number of rotatable bonds is 1. The number of ketones is 2. The third-order valence-corrected chi connectivity index (χ3v) is 3.37. The van der Waals surface area contributed by atoms with E-state index in [1.54, 1.807) is 18.2 Å². The molecule has 0 radical (unpaired) electrons. The Hall–Kier alpha value is -2.82. The molecule has 1 aliphatic carbocycles. The quantitative estimate of drug-likeness (QED) is 0.501. The van der Waals surface area contributed by atoms with E-state index in [0.717, 1.165) is 5.56 Å². The zero-order valence-corrected chi connectivity index (χ0v) is 10.5. The fourth-order valence-electron chi connectivity index (χ4n) is 2.37. The van der Waals surface area contributed by atoms with Gasteiger partial charge in [-0.25, -0.2) is 0 Å². The van der Waals surface area contributed by atoms with Crippen molar-refractivity contribution in [1.29, 1.82) is 0 Å². The van der Waals surface area contributed by atoms with E-state index in [9.17, 15) is 19.7 Å². The number of fused-ring (bicyclic) bond motifs is 2. The Labute approximate surface area is 114 Å². The van der Waals surface area contributed by atoms with Crippen LogP contribution < -0.4 is 0 Å². The minimum atomic E-state index is -0.580. The van der Waals surface area contributed by atoms with Gasteiger partial charge in [-0.2, -0.15) is 0 Å². The fourth-order valence-corrected chi connectivity index (χ4v) is 2.37. The molecule has 0 amide bonds. The van der Waals surface area contributed by atoms with Crippen LogP contribution >= 0.6 is 0 Å². The highest BCUT2D eigenvalue weighted by Gasteiger charge is 2.30. The maximum absolute atomic E-state index is 12.4. The molecule has 0 N–H and O–H groups in total. The van der Waals surface area contributed by atoms with E-state index >= 15 is 0 Å². The second kappa shape index (κ2) is 4.09. The Kier molecular flexibility index (Phi) is 2.50. The molecule has 0 aliphatic heterocycles. The lowest BCUT2D eigenvalue weighted by Crippen LogP contribution is -2.21. The lowest BCUT2D eigenvalue weighted by Gasteiger charge is -2.17. The van der Waals surface area contributed by atoms with Gasteiger partial charge in [0.2, 0.25) is 0 Å². The highest BCUT2D eigenvalue weighted by atomic mass is 16.6. The summed E-state index contributed by atoms with van der Waals surface area (Å²) in [6.45, 7) is 1.82. The van der Waals surface area contributed by atoms with Crippen LogP contribution in [0.25, 0.3) is 0 Å². The zero-order valence-electron chi connectivity index (χ0n) is 10.5. The van der Waals surface area contributed by atoms with Gasteiger partial charge in [0.15, 0.2) is 11.6 Å². The predicted octanol–water partition coefficient (Wildman–Crippen LogP) is 2.68. The normalized spacial score (nSPS) is 12.8. The summed E-state index contributed by atoms with van der Waals surface area (Å²) >= 11 is 0. The van der Waals surface area contributed by atoms with Crippen molar-refractivity contribution in [3.63, 3.8) is 0 Å². The molecule has 0 fully saturated rings. The Balaban J connectivity index is 2.27. The van der Waals surface area contributed by atoms with Crippen LogP contribution in [0.5, 0.6) is 0 Å². The molecule has 2 aromatic rings. The molecule has 0 saturated heterocycles. The van der Waals surface area contributed by atoms with Crippen LogP contribution in [0.3, 0.4) is 0 Å². The maximum Gasteiger partial charge on any atom is 0.270 e. The van der Waals surface area contributed by atoms with Gasteiger partial charge in [-0.1, -0.05) is 17.7 Å². The zero-order chi connectivity index (χ0) is 14.4. The van der Waals surface area contributed by atoms with E-state index in [2.05, 4.69) is 0 Å². The number of hydrogen-bond acceptors (Lipinski definition) is 4. The lowest BCUT2D eigenvalue weighted by atomic mass is 9.83. The van der Waals surface area contributed by atoms with Crippen molar-refractivity contribution >= 4 is 17.3 Å². The molecule has 0 atom stereocenters. The van der Waals surface area contributed by atoms with E-state index in [0.29, 0.717) is 11.1 Å². The second-order valence-corrected chi connectivity index (χ2v) is 4.69. The largest absolute Gasteiger partial charge is 0.289 e. The van der Waals surface area contributed by atoms with Crippen LogP contribution in [-0.2, 0) is 0 Å². The van der Waals surface area contributed by atoms with E-state index < -0.39 is 4.92 Å². The number of nitrogens with zero attached hydrogens (tertiary/aromatic N) is 1. The number of carbonyl (C=O) groups excluding carboxylic acids is 2. The molecule has 0 saturated carbocycles. The monoisotopic (exact) mass is 267 g/mol. The standard InChI is InChI=1S/C15H9NO4/c1-8-2-4-10-12(6-8)15(18)13-7-9(16(19)20)3-5-11(13)14(10)17/h2-7H,1H3. The Morgan fingerprint density at radius 3 is 2.05 bits per heavy atom. The highest BCUT2D eigenvalue weighted by molar-refractivity contribution is 6.28. The Bertz CT molecular complexity index is 792. The van der Waals surface area contributed by atoms with E-state index in [-0.39, 0.29) is 28.4 Å². The second-order valence-electron chi connectivity index (χ2n) is 4.69. The number of carbonyl (C=O) groups is 2. The molecular weight excluding hydrogens is 258 g/mol. The molecule has 2 aromatic carbocycles. The molecule has 0 bridgehead atoms. The van der Waals surface area contributed by atoms with Crippen molar-refractivity contribution < 1.29 is 14.5 Å².